The Morgan fingerprint density at radius 2 is 2.56 bits per heavy atom. The second-order valence-electron chi connectivity index (χ2n) is 1.54. The van der Waals surface area contributed by atoms with Crippen molar-refractivity contribution in [2.45, 2.75) is 0 Å². The first-order valence-electron chi connectivity index (χ1n) is 2.26. The molecule has 0 N–H and O–H groups in total. The Labute approximate surface area is 56.4 Å². The highest BCUT2D eigenvalue weighted by molar-refractivity contribution is 6.31. The number of aromatic nitrogens is 2. The number of aryl methyl sites for hydroxylation is 1. The van der Waals surface area contributed by atoms with Gasteiger partial charge in [-0.05, 0) is 5.18 Å². The largest absolute Gasteiger partial charge is 0.255 e. The van der Waals surface area contributed by atoms with Crippen LogP contribution in [0.25, 0.3) is 0 Å². The van der Waals surface area contributed by atoms with Crippen LogP contribution in [0, 0.1) is 4.91 Å². The third-order valence-corrected chi connectivity index (χ3v) is 1.39. The quantitative estimate of drug-likeness (QED) is 0.562. The Bertz CT molecular complexity index is 232. The molecule has 0 unspecified atom stereocenters. The summed E-state index contributed by atoms with van der Waals surface area (Å²) in [5, 5.41) is 6.57. The molecule has 0 fully saturated rings. The summed E-state index contributed by atoms with van der Waals surface area (Å²) in [6.07, 6.45) is 1.31. The summed E-state index contributed by atoms with van der Waals surface area (Å²) in [5.41, 5.74) is 0.180. The summed E-state index contributed by atoms with van der Waals surface area (Å²) < 4.78 is 1.37. The number of nitrogens with zero attached hydrogens (tertiary/aromatic N) is 3. The van der Waals surface area contributed by atoms with Crippen LogP contribution in [0.5, 0.6) is 0 Å². The zero-order chi connectivity index (χ0) is 6.85. The molecule has 0 saturated carbocycles. The van der Waals surface area contributed by atoms with Gasteiger partial charge in [0.05, 0.1) is 6.20 Å². The molecule has 9 heavy (non-hydrogen) atoms. The van der Waals surface area contributed by atoms with Gasteiger partial charge >= 0.3 is 0 Å². The Morgan fingerprint density at radius 1 is 1.89 bits per heavy atom. The van der Waals surface area contributed by atoms with Crippen molar-refractivity contribution in [2.75, 3.05) is 0 Å². The highest BCUT2D eigenvalue weighted by atomic mass is 35.5. The maximum atomic E-state index is 9.85. The zero-order valence-corrected chi connectivity index (χ0v) is 5.46. The molecule has 0 atom stereocenters. The van der Waals surface area contributed by atoms with E-state index in [2.05, 4.69) is 10.3 Å². The average Bonchev–Trinajstić information content (AvgIpc) is 2.15. The lowest BCUT2D eigenvalue weighted by Crippen LogP contribution is -1.87. The maximum Gasteiger partial charge on any atom is 0.164 e. The van der Waals surface area contributed by atoms with Crippen LogP contribution >= 0.6 is 11.6 Å². The molecule has 0 radical (unpaired) electrons. The predicted octanol–water partition coefficient (Wildman–Crippen LogP) is 1.47. The summed E-state index contributed by atoms with van der Waals surface area (Å²) in [4.78, 5) is 9.85. The minimum absolute atomic E-state index is 0.180. The van der Waals surface area contributed by atoms with E-state index >= 15 is 0 Å². The van der Waals surface area contributed by atoms with Crippen LogP contribution in [0.2, 0.25) is 5.15 Å². The van der Waals surface area contributed by atoms with Crippen LogP contribution in [0.4, 0.5) is 5.69 Å². The molecular weight excluding hydrogens is 142 g/mol. The smallest absolute Gasteiger partial charge is 0.164 e. The standard InChI is InChI=1S/C4H4ClN3O/c1-8-4(5)3(7-9)2-6-8/h2H,1H3. The number of hydrogen-bond acceptors (Lipinski definition) is 3. The molecule has 1 heterocycles. The third kappa shape index (κ3) is 0.929. The monoisotopic (exact) mass is 145 g/mol. The lowest BCUT2D eigenvalue weighted by molar-refractivity contribution is 0.769. The number of nitroso groups, excluding NO2 is 1. The Morgan fingerprint density at radius 3 is 2.78 bits per heavy atom. The Balaban J connectivity index is 3.18. The lowest BCUT2D eigenvalue weighted by atomic mass is 10.6. The molecule has 1 aromatic rings. The number of rotatable bonds is 1. The van der Waals surface area contributed by atoms with Gasteiger partial charge in [-0.2, -0.15) is 5.10 Å². The molecule has 1 rings (SSSR count). The van der Waals surface area contributed by atoms with Crippen molar-refractivity contribution in [3.8, 4) is 0 Å². The van der Waals surface area contributed by atoms with Gasteiger partial charge in [0.1, 0.15) is 0 Å². The Kier molecular flexibility index (Phi) is 1.48. The summed E-state index contributed by atoms with van der Waals surface area (Å²) in [6.45, 7) is 0. The molecule has 48 valence electrons. The fraction of sp³-hybridized carbons (Fsp3) is 0.250. The van der Waals surface area contributed by atoms with Crippen molar-refractivity contribution in [3.05, 3.63) is 16.3 Å². The molecule has 0 aliphatic heterocycles. The topological polar surface area (TPSA) is 47.2 Å². The zero-order valence-electron chi connectivity index (χ0n) is 4.71. The molecule has 5 heteroatoms. The van der Waals surface area contributed by atoms with Gasteiger partial charge in [0.15, 0.2) is 10.8 Å². The Hall–Kier alpha value is -0.900. The molecule has 0 aliphatic rings. The number of hydrogen-bond donors (Lipinski definition) is 0. The fourth-order valence-electron chi connectivity index (χ4n) is 0.472. The van der Waals surface area contributed by atoms with Crippen LogP contribution in [0.3, 0.4) is 0 Å². The number of halogens is 1. The van der Waals surface area contributed by atoms with Gasteiger partial charge < -0.3 is 0 Å². The highest BCUT2D eigenvalue weighted by Gasteiger charge is 2.03. The van der Waals surface area contributed by atoms with E-state index < -0.39 is 0 Å². The van der Waals surface area contributed by atoms with Crippen molar-refractivity contribution in [1.82, 2.24) is 9.78 Å². The second-order valence-corrected chi connectivity index (χ2v) is 1.89. The first-order chi connectivity index (χ1) is 4.25. The van der Waals surface area contributed by atoms with Crippen LogP contribution in [-0.4, -0.2) is 9.78 Å². The third-order valence-electron chi connectivity index (χ3n) is 0.947. The van der Waals surface area contributed by atoms with Crippen molar-refractivity contribution in [2.24, 2.45) is 12.2 Å². The van der Waals surface area contributed by atoms with Gasteiger partial charge in [0.2, 0.25) is 0 Å². The van der Waals surface area contributed by atoms with E-state index in [0.717, 1.165) is 0 Å². The van der Waals surface area contributed by atoms with E-state index in [0.29, 0.717) is 0 Å². The maximum absolute atomic E-state index is 9.85. The van der Waals surface area contributed by atoms with Crippen LogP contribution in [0.1, 0.15) is 0 Å². The SMILES string of the molecule is Cn1ncc(N=O)c1Cl. The van der Waals surface area contributed by atoms with Crippen molar-refractivity contribution >= 4 is 17.3 Å². The van der Waals surface area contributed by atoms with Gasteiger partial charge in [0, 0.05) is 7.05 Å². The molecule has 1 aromatic heterocycles. The molecule has 0 spiro atoms. The molecule has 0 aromatic carbocycles. The average molecular weight is 146 g/mol. The first-order valence-corrected chi connectivity index (χ1v) is 2.64. The van der Waals surface area contributed by atoms with Crippen LogP contribution < -0.4 is 0 Å². The van der Waals surface area contributed by atoms with E-state index in [1.807, 2.05) is 0 Å². The lowest BCUT2D eigenvalue weighted by Gasteiger charge is -1.86. The van der Waals surface area contributed by atoms with E-state index in [-0.39, 0.29) is 10.8 Å². The molecular formula is C4H4ClN3O. The van der Waals surface area contributed by atoms with E-state index in [9.17, 15) is 4.91 Å². The van der Waals surface area contributed by atoms with E-state index in [1.54, 1.807) is 7.05 Å². The van der Waals surface area contributed by atoms with Crippen molar-refractivity contribution < 1.29 is 0 Å². The molecule has 0 bridgehead atoms. The molecule has 0 amide bonds. The first kappa shape index (κ1) is 6.22. The van der Waals surface area contributed by atoms with Crippen LogP contribution in [-0.2, 0) is 7.05 Å². The van der Waals surface area contributed by atoms with Gasteiger partial charge in [-0.15, -0.1) is 4.91 Å². The van der Waals surface area contributed by atoms with Gasteiger partial charge in [-0.3, -0.25) is 4.68 Å². The van der Waals surface area contributed by atoms with E-state index in [4.69, 9.17) is 11.6 Å². The predicted molar refractivity (Wildman–Crippen MR) is 33.7 cm³/mol. The van der Waals surface area contributed by atoms with Gasteiger partial charge in [0.25, 0.3) is 0 Å². The molecule has 0 saturated heterocycles. The second kappa shape index (κ2) is 2.14. The summed E-state index contributed by atoms with van der Waals surface area (Å²) in [7, 11) is 1.64. The molecule has 0 aliphatic carbocycles. The van der Waals surface area contributed by atoms with Gasteiger partial charge in [-0.1, -0.05) is 11.6 Å². The fourth-order valence-corrected chi connectivity index (χ4v) is 0.599. The minimum Gasteiger partial charge on any atom is -0.255 e. The summed E-state index contributed by atoms with van der Waals surface area (Å²) >= 11 is 5.52. The normalized spacial score (nSPS) is 9.56. The summed E-state index contributed by atoms with van der Waals surface area (Å²) in [5.74, 6) is 0. The highest BCUT2D eigenvalue weighted by Crippen LogP contribution is 2.21. The summed E-state index contributed by atoms with van der Waals surface area (Å²) in [6, 6.07) is 0. The van der Waals surface area contributed by atoms with Gasteiger partial charge in [-0.25, -0.2) is 0 Å². The minimum atomic E-state index is 0.180. The van der Waals surface area contributed by atoms with E-state index in [1.165, 1.54) is 10.9 Å². The van der Waals surface area contributed by atoms with Crippen LogP contribution in [0.15, 0.2) is 11.4 Å². The van der Waals surface area contributed by atoms with Crippen molar-refractivity contribution in [3.63, 3.8) is 0 Å². The van der Waals surface area contributed by atoms with Crippen molar-refractivity contribution in [1.29, 1.82) is 0 Å². The molecule has 4 nitrogen and oxygen atoms in total.